The van der Waals surface area contributed by atoms with Gasteiger partial charge in [0.25, 0.3) is 5.91 Å². The van der Waals surface area contributed by atoms with Gasteiger partial charge in [0, 0.05) is 0 Å². The Balaban J connectivity index is 1.64. The van der Waals surface area contributed by atoms with E-state index in [2.05, 4.69) is 10.4 Å². The first-order chi connectivity index (χ1) is 12.4. The number of halogens is 4. The normalized spacial score (nSPS) is 10.6. The second kappa shape index (κ2) is 7.49. The van der Waals surface area contributed by atoms with Gasteiger partial charge in [-0.1, -0.05) is 17.7 Å². The van der Waals surface area contributed by atoms with Gasteiger partial charge in [0.1, 0.15) is 11.6 Å². The number of carbonyl (C=O) groups is 1. The van der Waals surface area contributed by atoms with Crippen LogP contribution in [-0.2, 0) is 6.73 Å². The van der Waals surface area contributed by atoms with Crippen LogP contribution in [0.4, 0.5) is 18.9 Å². The fraction of sp³-hybridized carbons (Fsp3) is 0.0588. The Hall–Kier alpha value is -3.00. The van der Waals surface area contributed by atoms with Crippen LogP contribution < -0.4 is 10.1 Å². The molecule has 0 saturated heterocycles. The van der Waals surface area contributed by atoms with Crippen molar-refractivity contribution in [1.82, 2.24) is 9.78 Å². The van der Waals surface area contributed by atoms with Gasteiger partial charge in [-0.2, -0.15) is 5.10 Å². The Bertz CT molecular complexity index is 962. The zero-order chi connectivity index (χ0) is 18.7. The first-order valence-electron chi connectivity index (χ1n) is 7.29. The van der Waals surface area contributed by atoms with E-state index in [1.54, 1.807) is 0 Å². The Morgan fingerprint density at radius 1 is 1.23 bits per heavy atom. The molecule has 0 atom stereocenters. The minimum atomic E-state index is -1.23. The highest BCUT2D eigenvalue weighted by atomic mass is 35.5. The molecule has 0 spiro atoms. The highest BCUT2D eigenvalue weighted by Crippen LogP contribution is 2.25. The van der Waals surface area contributed by atoms with Gasteiger partial charge >= 0.3 is 0 Å². The summed E-state index contributed by atoms with van der Waals surface area (Å²) in [5.74, 6) is -3.39. The van der Waals surface area contributed by atoms with E-state index in [1.807, 2.05) is 0 Å². The highest BCUT2D eigenvalue weighted by molar-refractivity contribution is 6.32. The standard InChI is InChI=1S/C17H11ClF3N3O2/c18-13-6-10(19)4-5-15(13)26-9-24-8-11(7-22-24)23-17(25)12-2-1-3-14(20)16(12)21/h1-8H,9H2,(H,23,25). The zero-order valence-electron chi connectivity index (χ0n) is 13.0. The molecule has 0 radical (unpaired) electrons. The van der Waals surface area contributed by atoms with Crippen LogP contribution in [0.3, 0.4) is 0 Å². The van der Waals surface area contributed by atoms with Crippen molar-refractivity contribution in [2.45, 2.75) is 6.73 Å². The smallest absolute Gasteiger partial charge is 0.258 e. The molecule has 0 aliphatic carbocycles. The summed E-state index contributed by atoms with van der Waals surface area (Å²) in [6.45, 7) is -0.0600. The third-order valence-corrected chi connectivity index (χ3v) is 3.63. The molecule has 5 nitrogen and oxygen atoms in total. The predicted octanol–water partition coefficient (Wildman–Crippen LogP) is 4.24. The molecular weight excluding hydrogens is 371 g/mol. The van der Waals surface area contributed by atoms with E-state index in [4.69, 9.17) is 16.3 Å². The molecule has 0 fully saturated rings. The van der Waals surface area contributed by atoms with E-state index < -0.39 is 28.9 Å². The average molecular weight is 382 g/mol. The van der Waals surface area contributed by atoms with Crippen LogP contribution in [0.1, 0.15) is 10.4 Å². The second-order valence-corrected chi connectivity index (χ2v) is 5.58. The SMILES string of the molecule is O=C(Nc1cnn(COc2ccc(F)cc2Cl)c1)c1cccc(F)c1F. The minimum absolute atomic E-state index is 0.0600. The summed E-state index contributed by atoms with van der Waals surface area (Å²) in [6.07, 6.45) is 2.73. The molecule has 0 unspecified atom stereocenters. The van der Waals surface area contributed by atoms with Crippen LogP contribution >= 0.6 is 11.6 Å². The van der Waals surface area contributed by atoms with E-state index in [0.29, 0.717) is 0 Å². The number of amides is 1. The van der Waals surface area contributed by atoms with Crippen molar-refractivity contribution >= 4 is 23.2 Å². The first-order valence-corrected chi connectivity index (χ1v) is 7.67. The lowest BCUT2D eigenvalue weighted by Crippen LogP contribution is -2.14. The zero-order valence-corrected chi connectivity index (χ0v) is 13.8. The van der Waals surface area contributed by atoms with Crippen LogP contribution in [0.2, 0.25) is 5.02 Å². The van der Waals surface area contributed by atoms with Crippen LogP contribution in [0, 0.1) is 17.5 Å². The molecule has 26 heavy (non-hydrogen) atoms. The minimum Gasteiger partial charge on any atom is -0.470 e. The lowest BCUT2D eigenvalue weighted by molar-refractivity contribution is 0.102. The molecule has 0 aliphatic heterocycles. The predicted molar refractivity (Wildman–Crippen MR) is 88.6 cm³/mol. The van der Waals surface area contributed by atoms with Gasteiger partial charge in [-0.3, -0.25) is 4.79 Å². The van der Waals surface area contributed by atoms with E-state index in [0.717, 1.165) is 18.2 Å². The monoisotopic (exact) mass is 381 g/mol. The summed E-state index contributed by atoms with van der Waals surface area (Å²) in [5, 5.41) is 6.46. The quantitative estimate of drug-likeness (QED) is 0.719. The van der Waals surface area contributed by atoms with E-state index >= 15 is 0 Å². The van der Waals surface area contributed by atoms with Crippen molar-refractivity contribution < 1.29 is 22.7 Å². The lowest BCUT2D eigenvalue weighted by Gasteiger charge is -2.07. The third-order valence-electron chi connectivity index (χ3n) is 3.33. The molecule has 9 heteroatoms. The van der Waals surface area contributed by atoms with Gasteiger partial charge < -0.3 is 10.1 Å². The maximum atomic E-state index is 13.6. The van der Waals surface area contributed by atoms with E-state index in [1.165, 1.54) is 35.3 Å². The number of carbonyl (C=O) groups excluding carboxylic acids is 1. The van der Waals surface area contributed by atoms with Gasteiger partial charge in [0.05, 0.1) is 28.7 Å². The Labute approximate surface area is 151 Å². The summed E-state index contributed by atoms with van der Waals surface area (Å²) in [4.78, 5) is 12.0. The highest BCUT2D eigenvalue weighted by Gasteiger charge is 2.15. The fourth-order valence-electron chi connectivity index (χ4n) is 2.10. The van der Waals surface area contributed by atoms with Crippen molar-refractivity contribution in [2.75, 3.05) is 5.32 Å². The number of nitrogens with zero attached hydrogens (tertiary/aromatic N) is 2. The Kier molecular flexibility index (Phi) is 5.13. The van der Waals surface area contributed by atoms with Crippen molar-refractivity contribution in [3.8, 4) is 5.75 Å². The maximum absolute atomic E-state index is 13.6. The summed E-state index contributed by atoms with van der Waals surface area (Å²) in [6, 6.07) is 7.00. The number of nitrogens with one attached hydrogen (secondary N) is 1. The molecule has 1 heterocycles. The summed E-state index contributed by atoms with van der Waals surface area (Å²) >= 11 is 5.85. The summed E-state index contributed by atoms with van der Waals surface area (Å²) in [5.41, 5.74) is -0.167. The molecule has 0 saturated carbocycles. The number of ether oxygens (including phenoxy) is 1. The molecule has 1 N–H and O–H groups in total. The van der Waals surface area contributed by atoms with Gasteiger partial charge in [0.2, 0.25) is 0 Å². The van der Waals surface area contributed by atoms with Gasteiger partial charge in [-0.15, -0.1) is 0 Å². The second-order valence-electron chi connectivity index (χ2n) is 5.17. The van der Waals surface area contributed by atoms with Crippen molar-refractivity contribution in [2.24, 2.45) is 0 Å². The van der Waals surface area contributed by atoms with Crippen LogP contribution in [0.5, 0.6) is 5.75 Å². The molecule has 3 aromatic rings. The van der Waals surface area contributed by atoms with Crippen molar-refractivity contribution in [3.63, 3.8) is 0 Å². The van der Waals surface area contributed by atoms with Crippen LogP contribution in [0.25, 0.3) is 0 Å². The molecule has 1 amide bonds. The number of anilines is 1. The number of hydrogen-bond acceptors (Lipinski definition) is 3. The molecule has 0 aliphatic rings. The molecule has 1 aromatic heterocycles. The maximum Gasteiger partial charge on any atom is 0.258 e. The molecular formula is C17H11ClF3N3O2. The molecule has 3 rings (SSSR count). The topological polar surface area (TPSA) is 56.2 Å². The number of aromatic nitrogens is 2. The molecule has 0 bridgehead atoms. The van der Waals surface area contributed by atoms with Crippen LogP contribution in [0.15, 0.2) is 48.8 Å². The van der Waals surface area contributed by atoms with E-state index in [9.17, 15) is 18.0 Å². The lowest BCUT2D eigenvalue weighted by atomic mass is 10.2. The Morgan fingerprint density at radius 3 is 2.81 bits per heavy atom. The van der Waals surface area contributed by atoms with Crippen molar-refractivity contribution in [1.29, 1.82) is 0 Å². The number of benzene rings is 2. The van der Waals surface area contributed by atoms with Crippen molar-refractivity contribution in [3.05, 3.63) is 76.8 Å². The Morgan fingerprint density at radius 2 is 2.04 bits per heavy atom. The van der Waals surface area contributed by atoms with Gasteiger partial charge in [0.15, 0.2) is 18.4 Å². The summed E-state index contributed by atoms with van der Waals surface area (Å²) in [7, 11) is 0. The largest absolute Gasteiger partial charge is 0.470 e. The first kappa shape index (κ1) is 17.8. The molecule has 2 aromatic carbocycles. The van der Waals surface area contributed by atoms with E-state index in [-0.39, 0.29) is 23.2 Å². The number of rotatable bonds is 5. The molecule has 134 valence electrons. The van der Waals surface area contributed by atoms with Crippen LogP contribution in [-0.4, -0.2) is 15.7 Å². The van der Waals surface area contributed by atoms with Gasteiger partial charge in [-0.05, 0) is 30.3 Å². The number of hydrogen-bond donors (Lipinski definition) is 1. The fourth-order valence-corrected chi connectivity index (χ4v) is 2.33. The summed E-state index contributed by atoms with van der Waals surface area (Å²) < 4.78 is 46.5. The third kappa shape index (κ3) is 3.97. The average Bonchev–Trinajstić information content (AvgIpc) is 3.04. The van der Waals surface area contributed by atoms with Gasteiger partial charge in [-0.25, -0.2) is 17.9 Å².